The van der Waals surface area contributed by atoms with Gasteiger partial charge in [-0.3, -0.25) is 15.0 Å². The molecule has 2 unspecified atom stereocenters. The fourth-order valence-corrected chi connectivity index (χ4v) is 6.10. The maximum Gasteiger partial charge on any atom is 0.165 e. The molecule has 2 atom stereocenters. The average Bonchev–Trinajstić information content (AvgIpc) is 3.54. The van der Waals surface area contributed by atoms with Gasteiger partial charge in [-0.25, -0.2) is 9.97 Å². The summed E-state index contributed by atoms with van der Waals surface area (Å²) >= 11 is 0. The van der Waals surface area contributed by atoms with Gasteiger partial charge in [0.05, 0.1) is 29.6 Å². The highest BCUT2D eigenvalue weighted by molar-refractivity contribution is 5.90. The van der Waals surface area contributed by atoms with Crippen molar-refractivity contribution in [3.63, 3.8) is 0 Å². The van der Waals surface area contributed by atoms with E-state index in [0.29, 0.717) is 17.3 Å². The van der Waals surface area contributed by atoms with Crippen molar-refractivity contribution >= 4 is 16.7 Å². The lowest BCUT2D eigenvalue weighted by Crippen LogP contribution is -2.44. The number of aryl methyl sites for hydroxylation is 1. The number of aliphatic hydroxyl groups is 1. The standard InChI is InChI=1S/C24H31N7O/c1-16-18(13-26-29-16)22-27-19-14-25-9-5-17(19)23(28-22)30-10-6-24(7-11-30)8-12-31(15-24)20-3-2-4-21(20)32/h5,9,13-14,20-21,32H,2-4,6-8,10-12,15H2,1H3,(H,26,29). The summed E-state index contributed by atoms with van der Waals surface area (Å²) in [6.45, 7) is 6.26. The first kappa shape index (κ1) is 20.1. The Balaban J connectivity index is 1.25. The van der Waals surface area contributed by atoms with Crippen LogP contribution >= 0.6 is 0 Å². The minimum absolute atomic E-state index is 0.129. The van der Waals surface area contributed by atoms with Crippen LogP contribution in [0.15, 0.2) is 24.7 Å². The van der Waals surface area contributed by atoms with Gasteiger partial charge < -0.3 is 10.0 Å². The molecule has 5 heterocycles. The van der Waals surface area contributed by atoms with E-state index in [1.165, 1.54) is 19.3 Å². The largest absolute Gasteiger partial charge is 0.391 e. The molecule has 3 aromatic rings. The number of likely N-dealkylation sites (tertiary alicyclic amines) is 1. The second-order valence-electron chi connectivity index (χ2n) is 9.95. The Bertz CT molecular complexity index is 1120. The summed E-state index contributed by atoms with van der Waals surface area (Å²) in [5.41, 5.74) is 3.16. The smallest absolute Gasteiger partial charge is 0.165 e. The first-order valence-corrected chi connectivity index (χ1v) is 11.9. The number of hydrogen-bond donors (Lipinski definition) is 2. The predicted molar refractivity (Wildman–Crippen MR) is 123 cm³/mol. The van der Waals surface area contributed by atoms with E-state index in [9.17, 15) is 5.11 Å². The molecule has 3 aromatic heterocycles. The van der Waals surface area contributed by atoms with E-state index in [1.54, 1.807) is 6.20 Å². The molecule has 1 saturated carbocycles. The van der Waals surface area contributed by atoms with Crippen LogP contribution in [-0.4, -0.2) is 73.5 Å². The lowest BCUT2D eigenvalue weighted by Gasteiger charge is -2.41. The van der Waals surface area contributed by atoms with Gasteiger partial charge in [0.15, 0.2) is 5.82 Å². The Morgan fingerprint density at radius 1 is 1.09 bits per heavy atom. The van der Waals surface area contributed by atoms with E-state index in [1.807, 2.05) is 25.4 Å². The van der Waals surface area contributed by atoms with Crippen LogP contribution in [0.2, 0.25) is 0 Å². The second kappa shape index (κ2) is 7.78. The fraction of sp³-hybridized carbons (Fsp3) is 0.583. The zero-order valence-corrected chi connectivity index (χ0v) is 18.7. The van der Waals surface area contributed by atoms with E-state index < -0.39 is 0 Å². The van der Waals surface area contributed by atoms with Gasteiger partial charge in [0.25, 0.3) is 0 Å². The Hall–Kier alpha value is -2.58. The van der Waals surface area contributed by atoms with Gasteiger partial charge in [0.2, 0.25) is 0 Å². The molecule has 3 fully saturated rings. The quantitative estimate of drug-likeness (QED) is 0.656. The number of anilines is 1. The van der Waals surface area contributed by atoms with Crippen molar-refractivity contribution in [1.82, 2.24) is 30.0 Å². The molecular formula is C24H31N7O. The van der Waals surface area contributed by atoms with E-state index in [0.717, 1.165) is 73.4 Å². The number of H-pyrrole nitrogens is 1. The Morgan fingerprint density at radius 3 is 2.69 bits per heavy atom. The van der Waals surface area contributed by atoms with Gasteiger partial charge in [-0.05, 0) is 63.5 Å². The normalized spacial score (nSPS) is 25.9. The fourth-order valence-electron chi connectivity index (χ4n) is 6.10. The van der Waals surface area contributed by atoms with Crippen molar-refractivity contribution in [3.8, 4) is 11.4 Å². The molecule has 0 radical (unpaired) electrons. The Labute approximate surface area is 188 Å². The maximum atomic E-state index is 10.4. The van der Waals surface area contributed by atoms with Crippen molar-refractivity contribution in [2.24, 2.45) is 5.41 Å². The van der Waals surface area contributed by atoms with Crippen molar-refractivity contribution in [2.75, 3.05) is 31.1 Å². The third-order valence-corrected chi connectivity index (χ3v) is 8.05. The van der Waals surface area contributed by atoms with Crippen LogP contribution < -0.4 is 4.90 Å². The van der Waals surface area contributed by atoms with Crippen LogP contribution in [0.4, 0.5) is 5.82 Å². The SMILES string of the molecule is Cc1[nH]ncc1-c1nc(N2CCC3(CC2)CCN(C2CCCC2O)C3)c2ccncc2n1. The highest BCUT2D eigenvalue weighted by Crippen LogP contribution is 2.44. The molecule has 0 amide bonds. The molecule has 168 valence electrons. The van der Waals surface area contributed by atoms with E-state index >= 15 is 0 Å². The number of nitrogens with zero attached hydrogens (tertiary/aromatic N) is 6. The summed E-state index contributed by atoms with van der Waals surface area (Å²) < 4.78 is 0. The number of hydrogen-bond acceptors (Lipinski definition) is 7. The topological polar surface area (TPSA) is 94.1 Å². The van der Waals surface area contributed by atoms with Gasteiger partial charge in [-0.2, -0.15) is 5.10 Å². The minimum atomic E-state index is -0.129. The molecule has 32 heavy (non-hydrogen) atoms. The van der Waals surface area contributed by atoms with Crippen molar-refractivity contribution in [1.29, 1.82) is 0 Å². The Morgan fingerprint density at radius 2 is 1.94 bits per heavy atom. The molecule has 2 N–H and O–H groups in total. The summed E-state index contributed by atoms with van der Waals surface area (Å²) in [7, 11) is 0. The maximum absolute atomic E-state index is 10.4. The van der Waals surface area contributed by atoms with E-state index in [-0.39, 0.29) is 6.10 Å². The number of pyridine rings is 1. The molecule has 1 aliphatic carbocycles. The van der Waals surface area contributed by atoms with Crippen LogP contribution in [-0.2, 0) is 0 Å². The molecule has 1 spiro atoms. The van der Waals surface area contributed by atoms with Gasteiger partial charge in [-0.15, -0.1) is 0 Å². The number of rotatable bonds is 3. The molecule has 3 aliphatic rings. The summed E-state index contributed by atoms with van der Waals surface area (Å²) in [5.74, 6) is 1.71. The first-order chi connectivity index (χ1) is 15.6. The van der Waals surface area contributed by atoms with Crippen molar-refractivity contribution < 1.29 is 5.11 Å². The number of aromatic amines is 1. The molecule has 0 aromatic carbocycles. The van der Waals surface area contributed by atoms with Crippen LogP contribution in [0.3, 0.4) is 0 Å². The minimum Gasteiger partial charge on any atom is -0.391 e. The van der Waals surface area contributed by atoms with Crippen LogP contribution in [0.25, 0.3) is 22.3 Å². The Kier molecular flexibility index (Phi) is 4.87. The van der Waals surface area contributed by atoms with Crippen molar-refractivity contribution in [2.45, 2.75) is 57.6 Å². The molecule has 6 rings (SSSR count). The predicted octanol–water partition coefficient (Wildman–Crippen LogP) is 2.93. The molecule has 8 heteroatoms. The summed E-state index contributed by atoms with van der Waals surface area (Å²) in [6.07, 6.45) is 12.2. The zero-order valence-electron chi connectivity index (χ0n) is 18.7. The summed E-state index contributed by atoms with van der Waals surface area (Å²) in [4.78, 5) is 19.1. The van der Waals surface area contributed by atoms with E-state index in [2.05, 4.69) is 25.0 Å². The van der Waals surface area contributed by atoms with Gasteiger partial charge in [-0.1, -0.05) is 0 Å². The van der Waals surface area contributed by atoms with Gasteiger partial charge >= 0.3 is 0 Å². The molecule has 8 nitrogen and oxygen atoms in total. The zero-order chi connectivity index (χ0) is 21.7. The highest BCUT2D eigenvalue weighted by atomic mass is 16.3. The van der Waals surface area contributed by atoms with Gasteiger partial charge in [0, 0.05) is 43.0 Å². The second-order valence-corrected chi connectivity index (χ2v) is 9.95. The summed E-state index contributed by atoms with van der Waals surface area (Å²) in [6, 6.07) is 2.41. The lowest BCUT2D eigenvalue weighted by molar-refractivity contribution is 0.0743. The number of aromatic nitrogens is 5. The molecule has 2 saturated heterocycles. The third kappa shape index (κ3) is 3.36. The number of piperidine rings is 1. The van der Waals surface area contributed by atoms with Crippen LogP contribution in [0.1, 0.15) is 44.2 Å². The molecular weight excluding hydrogens is 402 g/mol. The monoisotopic (exact) mass is 433 g/mol. The van der Waals surface area contributed by atoms with Crippen molar-refractivity contribution in [3.05, 3.63) is 30.4 Å². The highest BCUT2D eigenvalue weighted by Gasteiger charge is 2.44. The molecule has 0 bridgehead atoms. The van der Waals surface area contributed by atoms with Crippen LogP contribution in [0.5, 0.6) is 0 Å². The first-order valence-electron chi connectivity index (χ1n) is 11.9. The number of aliphatic hydroxyl groups excluding tert-OH is 1. The average molecular weight is 434 g/mol. The summed E-state index contributed by atoms with van der Waals surface area (Å²) in [5, 5.41) is 18.6. The van der Waals surface area contributed by atoms with Gasteiger partial charge in [0.1, 0.15) is 5.82 Å². The molecule has 2 aliphatic heterocycles. The van der Waals surface area contributed by atoms with E-state index in [4.69, 9.17) is 9.97 Å². The lowest BCUT2D eigenvalue weighted by atomic mass is 9.77. The third-order valence-electron chi connectivity index (χ3n) is 8.05. The number of fused-ring (bicyclic) bond motifs is 1. The number of nitrogens with one attached hydrogen (secondary N) is 1. The van der Waals surface area contributed by atoms with Crippen LogP contribution in [0, 0.1) is 12.3 Å².